The summed E-state index contributed by atoms with van der Waals surface area (Å²) in [4.78, 5) is 44.5. The number of carbonyl (C=O) groups excluding carboxylic acids is 1. The van der Waals surface area contributed by atoms with Crippen LogP contribution < -0.4 is 5.32 Å². The van der Waals surface area contributed by atoms with Gasteiger partial charge in [0.1, 0.15) is 19.1 Å². The zero-order valence-electron chi connectivity index (χ0n) is 11.4. The van der Waals surface area contributed by atoms with E-state index in [0.29, 0.717) is 4.90 Å². The fourth-order valence-electron chi connectivity index (χ4n) is 1.42. The van der Waals surface area contributed by atoms with Crippen molar-refractivity contribution in [1.29, 1.82) is 0 Å². The van der Waals surface area contributed by atoms with Gasteiger partial charge in [0.05, 0.1) is 12.5 Å². The van der Waals surface area contributed by atoms with Crippen LogP contribution >= 0.6 is 0 Å². The first-order valence-corrected chi connectivity index (χ1v) is 5.99. The van der Waals surface area contributed by atoms with Gasteiger partial charge in [-0.25, -0.2) is 0 Å². The monoisotopic (exact) mass is 306 g/mol. The second-order valence-corrected chi connectivity index (χ2v) is 4.39. The molecule has 0 saturated heterocycles. The van der Waals surface area contributed by atoms with E-state index in [4.69, 9.17) is 20.4 Å². The zero-order chi connectivity index (χ0) is 16.6. The summed E-state index contributed by atoms with van der Waals surface area (Å²) in [6.45, 7) is -0.348. The van der Waals surface area contributed by atoms with E-state index in [1.165, 1.54) is 6.92 Å². The highest BCUT2D eigenvalue weighted by atomic mass is 16.4. The Morgan fingerprint density at radius 1 is 1.05 bits per heavy atom. The van der Waals surface area contributed by atoms with Crippen LogP contribution in [0.2, 0.25) is 0 Å². The van der Waals surface area contributed by atoms with Gasteiger partial charge >= 0.3 is 17.9 Å². The summed E-state index contributed by atoms with van der Waals surface area (Å²) in [6, 6.07) is -1.35. The van der Waals surface area contributed by atoms with E-state index in [2.05, 4.69) is 5.32 Å². The van der Waals surface area contributed by atoms with Crippen molar-refractivity contribution in [3.05, 3.63) is 0 Å². The van der Waals surface area contributed by atoms with Crippen molar-refractivity contribution in [2.24, 2.45) is 0 Å². The SMILES string of the molecule is CC(O)CNC(CC(=O)N(CC(=O)O)CC(=O)O)C(=O)O. The number of carboxylic acid groups (broad SMARTS) is 3. The van der Waals surface area contributed by atoms with Crippen LogP contribution in [0.25, 0.3) is 0 Å². The molecule has 0 aromatic carbocycles. The highest BCUT2D eigenvalue weighted by molar-refractivity contribution is 5.88. The van der Waals surface area contributed by atoms with Gasteiger partial charge in [0.15, 0.2) is 0 Å². The molecule has 21 heavy (non-hydrogen) atoms. The Morgan fingerprint density at radius 3 is 1.86 bits per heavy atom. The fourth-order valence-corrected chi connectivity index (χ4v) is 1.42. The van der Waals surface area contributed by atoms with E-state index in [1.54, 1.807) is 0 Å². The largest absolute Gasteiger partial charge is 0.480 e. The van der Waals surface area contributed by atoms with Gasteiger partial charge < -0.3 is 30.6 Å². The van der Waals surface area contributed by atoms with Gasteiger partial charge in [0.25, 0.3) is 0 Å². The van der Waals surface area contributed by atoms with E-state index in [-0.39, 0.29) is 6.54 Å². The maximum atomic E-state index is 11.8. The van der Waals surface area contributed by atoms with Crippen LogP contribution in [-0.2, 0) is 19.2 Å². The molecule has 0 bridgehead atoms. The van der Waals surface area contributed by atoms with Gasteiger partial charge in [-0.15, -0.1) is 0 Å². The van der Waals surface area contributed by atoms with Gasteiger partial charge in [0, 0.05) is 6.54 Å². The Balaban J connectivity index is 4.76. The Hall–Kier alpha value is -2.20. The van der Waals surface area contributed by atoms with Gasteiger partial charge in [-0.2, -0.15) is 0 Å². The summed E-state index contributed by atoms with van der Waals surface area (Å²) in [7, 11) is 0. The molecule has 0 spiro atoms. The second kappa shape index (κ2) is 8.87. The van der Waals surface area contributed by atoms with Crippen LogP contribution in [0.5, 0.6) is 0 Å². The summed E-state index contributed by atoms with van der Waals surface area (Å²) >= 11 is 0. The Labute approximate surface area is 120 Å². The molecule has 120 valence electrons. The molecule has 0 radical (unpaired) electrons. The summed E-state index contributed by atoms with van der Waals surface area (Å²) < 4.78 is 0. The summed E-state index contributed by atoms with van der Waals surface area (Å²) in [5.74, 6) is -5.11. The number of hydrogen-bond acceptors (Lipinski definition) is 6. The molecule has 10 heteroatoms. The second-order valence-electron chi connectivity index (χ2n) is 4.39. The quantitative estimate of drug-likeness (QED) is 0.301. The molecule has 0 aliphatic heterocycles. The smallest absolute Gasteiger partial charge is 0.323 e. The number of carboxylic acids is 3. The molecule has 0 rings (SSSR count). The standard InChI is InChI=1S/C11H18N2O8/c1-6(14)3-12-7(11(20)21)2-8(15)13(4-9(16)17)5-10(18)19/h6-7,12,14H,2-5H2,1H3,(H,16,17)(H,18,19)(H,20,21). The van der Waals surface area contributed by atoms with Crippen LogP contribution in [0.1, 0.15) is 13.3 Å². The van der Waals surface area contributed by atoms with Gasteiger partial charge in [-0.05, 0) is 6.92 Å². The van der Waals surface area contributed by atoms with Crippen LogP contribution in [0.4, 0.5) is 0 Å². The molecule has 2 unspecified atom stereocenters. The number of amides is 1. The third kappa shape index (κ3) is 8.55. The molecular weight excluding hydrogens is 288 g/mol. The third-order valence-electron chi connectivity index (χ3n) is 2.34. The van der Waals surface area contributed by atoms with E-state index in [0.717, 1.165) is 0 Å². The maximum Gasteiger partial charge on any atom is 0.323 e. The normalized spacial score (nSPS) is 13.2. The highest BCUT2D eigenvalue weighted by Gasteiger charge is 2.26. The number of rotatable bonds is 10. The van der Waals surface area contributed by atoms with Crippen molar-refractivity contribution >= 4 is 23.8 Å². The minimum absolute atomic E-state index is 0.0812. The Bertz CT molecular complexity index is 393. The number of nitrogens with zero attached hydrogens (tertiary/aromatic N) is 1. The minimum atomic E-state index is -1.41. The topological polar surface area (TPSA) is 164 Å². The van der Waals surface area contributed by atoms with Crippen molar-refractivity contribution in [2.45, 2.75) is 25.5 Å². The average molecular weight is 306 g/mol. The van der Waals surface area contributed by atoms with Crippen LogP contribution in [0.3, 0.4) is 0 Å². The Kier molecular flexibility index (Phi) is 7.94. The van der Waals surface area contributed by atoms with Crippen molar-refractivity contribution in [3.63, 3.8) is 0 Å². The number of hydrogen-bond donors (Lipinski definition) is 5. The molecule has 5 N–H and O–H groups in total. The lowest BCUT2D eigenvalue weighted by Crippen LogP contribution is -2.46. The molecule has 2 atom stereocenters. The lowest BCUT2D eigenvalue weighted by molar-refractivity contribution is -0.150. The van der Waals surface area contributed by atoms with Crippen LogP contribution in [-0.4, -0.2) is 80.9 Å². The predicted octanol–water partition coefficient (Wildman–Crippen LogP) is -2.20. The first kappa shape index (κ1) is 18.8. The lowest BCUT2D eigenvalue weighted by Gasteiger charge is -2.21. The van der Waals surface area contributed by atoms with E-state index in [1.807, 2.05) is 0 Å². The molecule has 0 saturated carbocycles. The number of aliphatic carboxylic acids is 3. The first-order valence-electron chi connectivity index (χ1n) is 5.99. The van der Waals surface area contributed by atoms with Crippen LogP contribution in [0, 0.1) is 0 Å². The molecule has 0 aliphatic rings. The minimum Gasteiger partial charge on any atom is -0.480 e. The molecule has 0 heterocycles. The predicted molar refractivity (Wildman–Crippen MR) is 67.6 cm³/mol. The Morgan fingerprint density at radius 2 is 1.52 bits per heavy atom. The number of aliphatic hydroxyl groups is 1. The van der Waals surface area contributed by atoms with Gasteiger partial charge in [-0.3, -0.25) is 19.2 Å². The molecule has 1 amide bonds. The molecule has 0 aromatic rings. The first-order chi connectivity index (χ1) is 9.63. The summed E-state index contributed by atoms with van der Waals surface area (Å²) in [5.41, 5.74) is 0. The van der Waals surface area contributed by atoms with Crippen molar-refractivity contribution < 1.29 is 39.6 Å². The van der Waals surface area contributed by atoms with Crippen molar-refractivity contribution in [3.8, 4) is 0 Å². The average Bonchev–Trinajstić information content (AvgIpc) is 2.31. The van der Waals surface area contributed by atoms with Crippen LogP contribution in [0.15, 0.2) is 0 Å². The van der Waals surface area contributed by atoms with E-state index in [9.17, 15) is 19.2 Å². The number of carbonyl (C=O) groups is 4. The maximum absolute atomic E-state index is 11.8. The third-order valence-corrected chi connectivity index (χ3v) is 2.34. The zero-order valence-corrected chi connectivity index (χ0v) is 11.4. The van der Waals surface area contributed by atoms with Crippen molar-refractivity contribution in [1.82, 2.24) is 10.2 Å². The molecule has 10 nitrogen and oxygen atoms in total. The van der Waals surface area contributed by atoms with E-state index < -0.39 is 55.5 Å². The lowest BCUT2D eigenvalue weighted by atomic mass is 10.1. The number of nitrogens with one attached hydrogen (secondary N) is 1. The summed E-state index contributed by atoms with van der Waals surface area (Å²) in [5, 5.41) is 37.6. The molecular formula is C11H18N2O8. The summed E-state index contributed by atoms with van der Waals surface area (Å²) in [6.07, 6.45) is -1.46. The fraction of sp³-hybridized carbons (Fsp3) is 0.636. The van der Waals surface area contributed by atoms with E-state index >= 15 is 0 Å². The highest BCUT2D eigenvalue weighted by Crippen LogP contribution is 2.01. The number of aliphatic hydroxyl groups excluding tert-OH is 1. The van der Waals surface area contributed by atoms with Gasteiger partial charge in [0.2, 0.25) is 5.91 Å². The van der Waals surface area contributed by atoms with Gasteiger partial charge in [-0.1, -0.05) is 0 Å². The molecule has 0 aliphatic carbocycles. The van der Waals surface area contributed by atoms with Crippen molar-refractivity contribution in [2.75, 3.05) is 19.6 Å². The molecule has 0 aromatic heterocycles. The molecule has 0 fully saturated rings.